The maximum Gasteiger partial charge on any atom is 0.374 e. The van der Waals surface area contributed by atoms with E-state index in [1.165, 1.54) is 18.2 Å². The summed E-state index contributed by atoms with van der Waals surface area (Å²) in [6.45, 7) is 3.84. The fraction of sp³-hybridized carbons (Fsp3) is 0.214. The third kappa shape index (κ3) is 2.91. The number of carbonyl (C=O) groups excluding carboxylic acids is 1. The molecule has 0 spiro atoms. The van der Waals surface area contributed by atoms with E-state index in [0.29, 0.717) is 11.1 Å². The van der Waals surface area contributed by atoms with Gasteiger partial charge in [-0.25, -0.2) is 13.2 Å². The summed E-state index contributed by atoms with van der Waals surface area (Å²) in [7, 11) is -3.24. The number of ether oxygens (including phenoxy) is 2. The molecule has 6 heteroatoms. The van der Waals surface area contributed by atoms with E-state index in [-0.39, 0.29) is 23.9 Å². The lowest BCUT2D eigenvalue weighted by molar-refractivity contribution is -0.139. The van der Waals surface area contributed by atoms with Crippen LogP contribution in [-0.2, 0) is 24.1 Å². The van der Waals surface area contributed by atoms with Gasteiger partial charge in [-0.15, -0.1) is 0 Å². The Morgan fingerprint density at radius 2 is 2.00 bits per heavy atom. The third-order valence-electron chi connectivity index (χ3n) is 2.78. The molecule has 0 atom stereocenters. The Balaban J connectivity index is 2.36. The topological polar surface area (TPSA) is 69.7 Å². The van der Waals surface area contributed by atoms with Gasteiger partial charge in [0, 0.05) is 11.8 Å². The average molecular weight is 294 g/mol. The van der Waals surface area contributed by atoms with Crippen LogP contribution in [0.25, 0.3) is 5.57 Å². The van der Waals surface area contributed by atoms with Gasteiger partial charge in [-0.3, -0.25) is 0 Å². The Bertz CT molecular complexity index is 668. The van der Waals surface area contributed by atoms with Crippen molar-refractivity contribution < 1.29 is 22.7 Å². The normalized spacial score (nSPS) is 15.2. The Morgan fingerprint density at radius 1 is 1.35 bits per heavy atom. The van der Waals surface area contributed by atoms with E-state index < -0.39 is 15.8 Å². The van der Waals surface area contributed by atoms with Crippen LogP contribution in [0.1, 0.15) is 5.56 Å². The summed E-state index contributed by atoms with van der Waals surface area (Å²) in [6, 6.07) is 6.24. The van der Waals surface area contributed by atoms with E-state index in [2.05, 4.69) is 6.58 Å². The zero-order chi connectivity index (χ0) is 14.8. The van der Waals surface area contributed by atoms with Crippen LogP contribution in [0.2, 0.25) is 0 Å². The number of cyclic esters (lactones) is 1. The first-order valence-electron chi connectivity index (χ1n) is 5.88. The predicted octanol–water partition coefficient (Wildman–Crippen LogP) is 1.56. The van der Waals surface area contributed by atoms with Crippen LogP contribution in [0.4, 0.5) is 0 Å². The second-order valence-electron chi connectivity index (χ2n) is 4.28. The molecule has 1 aromatic carbocycles. The number of rotatable bonds is 5. The minimum Gasteiger partial charge on any atom is -0.482 e. The van der Waals surface area contributed by atoms with Crippen molar-refractivity contribution in [3.05, 3.63) is 48.2 Å². The van der Waals surface area contributed by atoms with Crippen molar-refractivity contribution >= 4 is 21.4 Å². The highest BCUT2D eigenvalue weighted by Crippen LogP contribution is 2.27. The first-order chi connectivity index (χ1) is 9.43. The molecule has 1 aliphatic heterocycles. The van der Waals surface area contributed by atoms with Crippen molar-refractivity contribution in [2.75, 3.05) is 19.5 Å². The van der Waals surface area contributed by atoms with Gasteiger partial charge in [0.15, 0.2) is 9.84 Å². The summed E-state index contributed by atoms with van der Waals surface area (Å²) in [5, 5.41) is 0. The van der Waals surface area contributed by atoms with Crippen LogP contribution >= 0.6 is 0 Å². The van der Waals surface area contributed by atoms with Gasteiger partial charge >= 0.3 is 5.97 Å². The Kier molecular flexibility index (Phi) is 3.94. The monoisotopic (exact) mass is 294 g/mol. The molecule has 0 aliphatic carbocycles. The second-order valence-corrected chi connectivity index (χ2v) is 6.30. The standard InChI is InChI=1S/C14H14O5S/c1-3-8-18-13-12(9-19-14(13)15)10-4-6-11(7-5-10)20(2,16)17/h3-7H,1,8-9H2,2H3. The molecule has 0 radical (unpaired) electrons. The van der Waals surface area contributed by atoms with E-state index >= 15 is 0 Å². The van der Waals surface area contributed by atoms with Crippen molar-refractivity contribution in [1.82, 2.24) is 0 Å². The van der Waals surface area contributed by atoms with Crippen LogP contribution in [0.15, 0.2) is 47.6 Å². The van der Waals surface area contributed by atoms with E-state index in [0.717, 1.165) is 6.26 Å². The summed E-state index contributed by atoms with van der Waals surface area (Å²) < 4.78 is 33.0. The van der Waals surface area contributed by atoms with Gasteiger partial charge in [0.2, 0.25) is 5.76 Å². The predicted molar refractivity (Wildman–Crippen MR) is 73.6 cm³/mol. The van der Waals surface area contributed by atoms with Crippen molar-refractivity contribution in [1.29, 1.82) is 0 Å². The van der Waals surface area contributed by atoms with Crippen LogP contribution < -0.4 is 0 Å². The summed E-state index contributed by atoms with van der Waals surface area (Å²) in [4.78, 5) is 11.8. The number of hydrogen-bond acceptors (Lipinski definition) is 5. The SMILES string of the molecule is C=CCOC1=C(c2ccc(S(C)(=O)=O)cc2)COC1=O. The van der Waals surface area contributed by atoms with Gasteiger partial charge in [0.05, 0.1) is 4.90 Å². The number of sulfone groups is 1. The Hall–Kier alpha value is -2.08. The summed E-state index contributed by atoms with van der Waals surface area (Å²) >= 11 is 0. The minimum absolute atomic E-state index is 0.115. The third-order valence-corrected chi connectivity index (χ3v) is 3.91. The quantitative estimate of drug-likeness (QED) is 0.609. The van der Waals surface area contributed by atoms with Crippen molar-refractivity contribution in [3.8, 4) is 0 Å². The molecule has 5 nitrogen and oxygen atoms in total. The molecule has 1 aliphatic rings. The lowest BCUT2D eigenvalue weighted by atomic mass is 10.1. The Labute approximate surface area is 117 Å². The highest BCUT2D eigenvalue weighted by molar-refractivity contribution is 7.90. The molecular formula is C14H14O5S. The van der Waals surface area contributed by atoms with E-state index in [4.69, 9.17) is 9.47 Å². The van der Waals surface area contributed by atoms with E-state index in [1.54, 1.807) is 12.1 Å². The molecule has 0 bridgehead atoms. The highest BCUT2D eigenvalue weighted by atomic mass is 32.2. The summed E-state index contributed by atoms with van der Waals surface area (Å²) in [6.07, 6.45) is 2.67. The van der Waals surface area contributed by atoms with Gasteiger partial charge < -0.3 is 9.47 Å². The largest absolute Gasteiger partial charge is 0.482 e. The molecule has 20 heavy (non-hydrogen) atoms. The van der Waals surface area contributed by atoms with Gasteiger partial charge in [0.1, 0.15) is 13.2 Å². The molecule has 0 aromatic heterocycles. The number of esters is 1. The fourth-order valence-corrected chi connectivity index (χ4v) is 2.43. The van der Waals surface area contributed by atoms with Gasteiger partial charge in [-0.05, 0) is 17.7 Å². The molecular weight excluding hydrogens is 280 g/mol. The van der Waals surface area contributed by atoms with Crippen LogP contribution in [-0.4, -0.2) is 33.9 Å². The molecule has 1 aromatic rings. The van der Waals surface area contributed by atoms with Crippen LogP contribution in [0.5, 0.6) is 0 Å². The first-order valence-corrected chi connectivity index (χ1v) is 7.77. The lowest BCUT2D eigenvalue weighted by Gasteiger charge is -2.05. The number of hydrogen-bond donors (Lipinski definition) is 0. The second kappa shape index (κ2) is 5.50. The molecule has 0 N–H and O–H groups in total. The highest BCUT2D eigenvalue weighted by Gasteiger charge is 2.27. The molecule has 106 valence electrons. The molecule has 0 saturated heterocycles. The Morgan fingerprint density at radius 3 is 2.55 bits per heavy atom. The zero-order valence-corrected chi connectivity index (χ0v) is 11.8. The molecule has 0 saturated carbocycles. The van der Waals surface area contributed by atoms with Crippen LogP contribution in [0.3, 0.4) is 0 Å². The lowest BCUT2D eigenvalue weighted by Crippen LogP contribution is -2.03. The average Bonchev–Trinajstić information content (AvgIpc) is 2.77. The van der Waals surface area contributed by atoms with Crippen molar-refractivity contribution in [3.63, 3.8) is 0 Å². The molecule has 0 fully saturated rings. The maximum atomic E-state index is 11.6. The van der Waals surface area contributed by atoms with Crippen LogP contribution in [0, 0.1) is 0 Å². The van der Waals surface area contributed by atoms with E-state index in [1.807, 2.05) is 0 Å². The maximum absolute atomic E-state index is 11.6. The van der Waals surface area contributed by atoms with Crippen molar-refractivity contribution in [2.24, 2.45) is 0 Å². The molecule has 2 rings (SSSR count). The first kappa shape index (κ1) is 14.3. The number of carbonyl (C=O) groups is 1. The van der Waals surface area contributed by atoms with Gasteiger partial charge in [-0.1, -0.05) is 24.8 Å². The van der Waals surface area contributed by atoms with E-state index in [9.17, 15) is 13.2 Å². The summed E-state index contributed by atoms with van der Waals surface area (Å²) in [5.74, 6) is -0.369. The summed E-state index contributed by atoms with van der Waals surface area (Å²) in [5.41, 5.74) is 1.30. The molecule has 0 unspecified atom stereocenters. The van der Waals surface area contributed by atoms with Gasteiger partial charge in [0.25, 0.3) is 0 Å². The van der Waals surface area contributed by atoms with Crippen molar-refractivity contribution in [2.45, 2.75) is 4.90 Å². The van der Waals surface area contributed by atoms with Gasteiger partial charge in [-0.2, -0.15) is 0 Å². The smallest absolute Gasteiger partial charge is 0.374 e. The minimum atomic E-state index is -3.24. The fourth-order valence-electron chi connectivity index (χ4n) is 1.80. The molecule has 1 heterocycles. The zero-order valence-electron chi connectivity index (χ0n) is 11.0. The molecule has 0 amide bonds. The number of benzene rings is 1.